The maximum absolute atomic E-state index is 6.46. The van der Waals surface area contributed by atoms with Gasteiger partial charge in [0.15, 0.2) is 0 Å². The molecule has 0 fully saturated rings. The van der Waals surface area contributed by atoms with E-state index in [-0.39, 0.29) is 6.04 Å². The topological polar surface area (TPSA) is 43.8 Å². The van der Waals surface area contributed by atoms with Crippen LogP contribution in [0.2, 0.25) is 5.15 Å². The van der Waals surface area contributed by atoms with E-state index in [1.165, 1.54) is 10.5 Å². The lowest BCUT2D eigenvalue weighted by Crippen LogP contribution is -2.31. The van der Waals surface area contributed by atoms with Crippen molar-refractivity contribution in [3.8, 4) is 0 Å². The standard InChI is InChI=1S/C15H18ClN3S/c1-9-11(15(16)19(2)18-9)7-13(17)12-8-20-14-6-4-3-5-10(12)14/h3-6,12-13H,7-8,17H2,1-2H3. The number of nitrogens with zero attached hydrogens (tertiary/aromatic N) is 2. The normalized spacial score (nSPS) is 19.1. The number of hydrogen-bond acceptors (Lipinski definition) is 3. The lowest BCUT2D eigenvalue weighted by Gasteiger charge is -2.19. The second-order valence-corrected chi connectivity index (χ2v) is 6.72. The Labute approximate surface area is 128 Å². The van der Waals surface area contributed by atoms with Gasteiger partial charge >= 0.3 is 0 Å². The second kappa shape index (κ2) is 5.43. The number of fused-ring (bicyclic) bond motifs is 1. The average molecular weight is 308 g/mol. The Morgan fingerprint density at radius 2 is 2.25 bits per heavy atom. The first kappa shape index (κ1) is 14.0. The molecule has 2 unspecified atom stereocenters. The van der Waals surface area contributed by atoms with E-state index in [0.717, 1.165) is 23.4 Å². The molecule has 1 aliphatic rings. The summed E-state index contributed by atoms with van der Waals surface area (Å²) < 4.78 is 1.72. The molecule has 0 radical (unpaired) electrons. The third-order valence-corrected chi connectivity index (χ3v) is 5.64. The predicted octanol–water partition coefficient (Wildman–Crippen LogP) is 3.14. The first-order chi connectivity index (χ1) is 9.58. The Kier molecular flexibility index (Phi) is 3.80. The maximum Gasteiger partial charge on any atom is 0.130 e. The van der Waals surface area contributed by atoms with Crippen LogP contribution >= 0.6 is 23.4 Å². The lowest BCUT2D eigenvalue weighted by atomic mass is 9.90. The van der Waals surface area contributed by atoms with E-state index in [1.54, 1.807) is 4.68 Å². The minimum Gasteiger partial charge on any atom is -0.327 e. The molecule has 1 aliphatic heterocycles. The molecule has 2 aromatic rings. The highest BCUT2D eigenvalue weighted by Crippen LogP contribution is 2.41. The number of aromatic nitrogens is 2. The molecule has 5 heteroatoms. The van der Waals surface area contributed by atoms with Crippen LogP contribution in [-0.4, -0.2) is 21.6 Å². The molecule has 0 saturated carbocycles. The lowest BCUT2D eigenvalue weighted by molar-refractivity contribution is 0.571. The van der Waals surface area contributed by atoms with Crippen LogP contribution in [0.4, 0.5) is 0 Å². The van der Waals surface area contributed by atoms with Gasteiger partial charge in [-0.15, -0.1) is 11.8 Å². The van der Waals surface area contributed by atoms with Crippen molar-refractivity contribution in [2.24, 2.45) is 12.8 Å². The van der Waals surface area contributed by atoms with Crippen molar-refractivity contribution >= 4 is 23.4 Å². The van der Waals surface area contributed by atoms with E-state index >= 15 is 0 Å². The van der Waals surface area contributed by atoms with Gasteiger partial charge in [0.25, 0.3) is 0 Å². The van der Waals surface area contributed by atoms with E-state index in [2.05, 4.69) is 29.4 Å². The van der Waals surface area contributed by atoms with Gasteiger partial charge in [-0.2, -0.15) is 5.10 Å². The molecule has 0 aliphatic carbocycles. The summed E-state index contributed by atoms with van der Waals surface area (Å²) in [6, 6.07) is 8.62. The van der Waals surface area contributed by atoms with Crippen molar-refractivity contribution in [1.29, 1.82) is 0 Å². The molecule has 2 N–H and O–H groups in total. The number of thioether (sulfide) groups is 1. The predicted molar refractivity (Wildman–Crippen MR) is 84.5 cm³/mol. The minimum atomic E-state index is 0.0755. The summed E-state index contributed by atoms with van der Waals surface area (Å²) in [6.45, 7) is 1.99. The van der Waals surface area contributed by atoms with Crippen molar-refractivity contribution in [3.63, 3.8) is 0 Å². The third-order valence-electron chi connectivity index (χ3n) is 3.96. The molecule has 0 spiro atoms. The van der Waals surface area contributed by atoms with Crippen molar-refractivity contribution in [2.75, 3.05) is 5.75 Å². The van der Waals surface area contributed by atoms with Gasteiger partial charge in [-0.05, 0) is 25.0 Å². The Morgan fingerprint density at radius 3 is 2.95 bits per heavy atom. The van der Waals surface area contributed by atoms with Gasteiger partial charge in [-0.3, -0.25) is 4.68 Å². The van der Waals surface area contributed by atoms with Crippen LogP contribution in [0.15, 0.2) is 29.2 Å². The fourth-order valence-electron chi connectivity index (χ4n) is 2.83. The largest absolute Gasteiger partial charge is 0.327 e. The van der Waals surface area contributed by atoms with Crippen LogP contribution in [0.5, 0.6) is 0 Å². The van der Waals surface area contributed by atoms with Crippen LogP contribution < -0.4 is 5.73 Å². The fourth-order valence-corrected chi connectivity index (χ4v) is 4.42. The van der Waals surface area contributed by atoms with Crippen LogP contribution in [0.25, 0.3) is 0 Å². The average Bonchev–Trinajstić information content (AvgIpc) is 2.96. The first-order valence-electron chi connectivity index (χ1n) is 6.73. The zero-order valence-corrected chi connectivity index (χ0v) is 13.2. The molecule has 2 heterocycles. The van der Waals surface area contributed by atoms with E-state index in [1.807, 2.05) is 25.7 Å². The highest BCUT2D eigenvalue weighted by atomic mass is 35.5. The third kappa shape index (κ3) is 2.36. The summed E-state index contributed by atoms with van der Waals surface area (Å²) in [5.41, 5.74) is 9.90. The van der Waals surface area contributed by atoms with E-state index in [9.17, 15) is 0 Å². The SMILES string of the molecule is Cc1nn(C)c(Cl)c1CC(N)C1CSc2ccccc21. The number of rotatable bonds is 3. The molecule has 1 aromatic heterocycles. The van der Waals surface area contributed by atoms with E-state index < -0.39 is 0 Å². The van der Waals surface area contributed by atoms with Crippen molar-refractivity contribution < 1.29 is 0 Å². The van der Waals surface area contributed by atoms with Crippen LogP contribution in [0.1, 0.15) is 22.7 Å². The first-order valence-corrected chi connectivity index (χ1v) is 8.09. The Morgan fingerprint density at radius 1 is 1.50 bits per heavy atom. The van der Waals surface area contributed by atoms with Gasteiger partial charge in [-0.1, -0.05) is 29.8 Å². The summed E-state index contributed by atoms with van der Waals surface area (Å²) in [7, 11) is 1.87. The van der Waals surface area contributed by atoms with Gasteiger partial charge in [0, 0.05) is 35.2 Å². The van der Waals surface area contributed by atoms with Crippen LogP contribution in [-0.2, 0) is 13.5 Å². The highest BCUT2D eigenvalue weighted by Gasteiger charge is 2.29. The molecule has 0 amide bonds. The Bertz CT molecular complexity index is 638. The summed E-state index contributed by atoms with van der Waals surface area (Å²) in [4.78, 5) is 1.36. The van der Waals surface area contributed by atoms with Gasteiger partial charge in [0.1, 0.15) is 5.15 Å². The second-order valence-electron chi connectivity index (χ2n) is 5.30. The summed E-state index contributed by atoms with van der Waals surface area (Å²) in [5.74, 6) is 1.45. The van der Waals surface area contributed by atoms with Gasteiger partial charge in [0.05, 0.1) is 5.69 Å². The fraction of sp³-hybridized carbons (Fsp3) is 0.400. The molecular weight excluding hydrogens is 290 g/mol. The monoisotopic (exact) mass is 307 g/mol. The number of halogens is 1. The van der Waals surface area contributed by atoms with Crippen LogP contribution in [0.3, 0.4) is 0 Å². The van der Waals surface area contributed by atoms with Gasteiger partial charge in [-0.25, -0.2) is 0 Å². The summed E-state index contributed by atoms with van der Waals surface area (Å²) in [5, 5.41) is 5.06. The Hall–Kier alpha value is -0.970. The molecule has 3 rings (SSSR count). The van der Waals surface area contributed by atoms with Crippen molar-refractivity contribution in [1.82, 2.24) is 9.78 Å². The summed E-state index contributed by atoms with van der Waals surface area (Å²) >= 11 is 8.20. The maximum atomic E-state index is 6.46. The molecule has 106 valence electrons. The molecule has 0 saturated heterocycles. The van der Waals surface area contributed by atoms with Crippen molar-refractivity contribution in [2.45, 2.75) is 30.2 Å². The van der Waals surface area contributed by atoms with Crippen molar-refractivity contribution in [3.05, 3.63) is 46.2 Å². The number of benzene rings is 1. The van der Waals surface area contributed by atoms with Gasteiger partial charge in [0.2, 0.25) is 0 Å². The number of nitrogens with two attached hydrogens (primary N) is 1. The molecule has 3 nitrogen and oxygen atoms in total. The number of hydrogen-bond donors (Lipinski definition) is 1. The summed E-state index contributed by atoms with van der Waals surface area (Å²) in [6.07, 6.45) is 0.776. The molecule has 2 atom stereocenters. The van der Waals surface area contributed by atoms with E-state index in [0.29, 0.717) is 11.1 Å². The molecule has 1 aromatic carbocycles. The highest BCUT2D eigenvalue weighted by molar-refractivity contribution is 7.99. The van der Waals surface area contributed by atoms with Gasteiger partial charge < -0.3 is 5.73 Å². The minimum absolute atomic E-state index is 0.0755. The zero-order chi connectivity index (χ0) is 14.3. The molecule has 20 heavy (non-hydrogen) atoms. The number of aryl methyl sites for hydroxylation is 2. The molecular formula is C15H18ClN3S. The Balaban J connectivity index is 1.83. The smallest absolute Gasteiger partial charge is 0.130 e. The van der Waals surface area contributed by atoms with Crippen LogP contribution in [0, 0.1) is 6.92 Å². The zero-order valence-electron chi connectivity index (χ0n) is 11.6. The molecule has 0 bridgehead atoms. The quantitative estimate of drug-likeness (QED) is 0.947. The van der Waals surface area contributed by atoms with E-state index in [4.69, 9.17) is 17.3 Å².